The lowest BCUT2D eigenvalue weighted by molar-refractivity contribution is -0.385. The predicted molar refractivity (Wildman–Crippen MR) is 81.4 cm³/mol. The fourth-order valence-corrected chi connectivity index (χ4v) is 4.86. The molecule has 3 atom stereocenters. The summed E-state index contributed by atoms with van der Waals surface area (Å²) in [5.74, 6) is 0.607. The highest BCUT2D eigenvalue weighted by atomic mass is 16.6. The highest BCUT2D eigenvalue weighted by Crippen LogP contribution is 2.54. The molecule has 4 nitrogen and oxygen atoms in total. The molecule has 3 unspecified atom stereocenters. The summed E-state index contributed by atoms with van der Waals surface area (Å²) < 4.78 is 0. The minimum absolute atomic E-state index is 0.130. The summed E-state index contributed by atoms with van der Waals surface area (Å²) in [7, 11) is 2.23. The van der Waals surface area contributed by atoms with E-state index >= 15 is 0 Å². The van der Waals surface area contributed by atoms with E-state index in [2.05, 4.69) is 24.1 Å². The van der Waals surface area contributed by atoms with Gasteiger partial charge in [0, 0.05) is 23.6 Å². The second-order valence-corrected chi connectivity index (χ2v) is 6.77. The number of nitro benzene ring substituents is 1. The number of piperidine rings is 1. The normalized spacial score (nSPS) is 34.1. The van der Waals surface area contributed by atoms with Gasteiger partial charge in [-0.3, -0.25) is 10.1 Å². The Morgan fingerprint density at radius 3 is 3.05 bits per heavy atom. The number of nitrogens with zero attached hydrogens (tertiary/aromatic N) is 2. The fraction of sp³-hybridized carbons (Fsp3) is 0.529. The molecular weight excluding hydrogens is 264 g/mol. The monoisotopic (exact) mass is 284 g/mol. The van der Waals surface area contributed by atoms with Gasteiger partial charge in [0.2, 0.25) is 0 Å². The zero-order valence-corrected chi connectivity index (χ0v) is 12.3. The SMILES string of the molecule is CN1CCC23CC=CCC2C1Cc1ccc([N+](=O)[O-])cc13. The maximum Gasteiger partial charge on any atom is 0.269 e. The molecule has 2 bridgehead atoms. The first-order chi connectivity index (χ1) is 10.1. The number of allylic oxidation sites excluding steroid dienone is 2. The van der Waals surface area contributed by atoms with Gasteiger partial charge in [-0.2, -0.15) is 0 Å². The minimum atomic E-state index is -0.258. The van der Waals surface area contributed by atoms with Gasteiger partial charge in [-0.25, -0.2) is 0 Å². The molecule has 1 aliphatic heterocycles. The molecule has 4 heteroatoms. The Bertz CT molecular complexity index is 640. The summed E-state index contributed by atoms with van der Waals surface area (Å²) in [6.45, 7) is 1.09. The summed E-state index contributed by atoms with van der Waals surface area (Å²) in [5.41, 5.74) is 2.96. The van der Waals surface area contributed by atoms with E-state index in [0.29, 0.717) is 12.0 Å². The van der Waals surface area contributed by atoms with Gasteiger partial charge >= 0.3 is 0 Å². The lowest BCUT2D eigenvalue weighted by Crippen LogP contribution is -2.59. The van der Waals surface area contributed by atoms with Gasteiger partial charge in [0.05, 0.1) is 4.92 Å². The van der Waals surface area contributed by atoms with E-state index in [9.17, 15) is 10.1 Å². The van der Waals surface area contributed by atoms with Crippen LogP contribution in [0.25, 0.3) is 0 Å². The summed E-state index contributed by atoms with van der Waals surface area (Å²) >= 11 is 0. The van der Waals surface area contributed by atoms with Gasteiger partial charge in [0.25, 0.3) is 5.69 Å². The van der Waals surface area contributed by atoms with E-state index in [0.717, 1.165) is 32.2 Å². The van der Waals surface area contributed by atoms with Crippen LogP contribution >= 0.6 is 0 Å². The second-order valence-electron chi connectivity index (χ2n) is 6.77. The van der Waals surface area contributed by atoms with Gasteiger partial charge in [-0.05, 0) is 56.3 Å². The van der Waals surface area contributed by atoms with Crippen LogP contribution in [0.15, 0.2) is 30.4 Å². The number of likely N-dealkylation sites (N-methyl/N-ethyl adjacent to an activating group) is 1. The maximum absolute atomic E-state index is 11.2. The zero-order valence-electron chi connectivity index (χ0n) is 12.3. The number of benzene rings is 1. The Labute approximate surface area is 124 Å². The fourth-order valence-electron chi connectivity index (χ4n) is 4.86. The Morgan fingerprint density at radius 2 is 2.24 bits per heavy atom. The van der Waals surface area contributed by atoms with Crippen LogP contribution in [0.1, 0.15) is 30.4 Å². The third-order valence-electron chi connectivity index (χ3n) is 5.96. The van der Waals surface area contributed by atoms with Crippen molar-refractivity contribution in [3.63, 3.8) is 0 Å². The molecule has 0 spiro atoms. The predicted octanol–water partition coefficient (Wildman–Crippen LogP) is 3.06. The van der Waals surface area contributed by atoms with Crippen LogP contribution in [-0.4, -0.2) is 29.5 Å². The van der Waals surface area contributed by atoms with Crippen molar-refractivity contribution in [2.24, 2.45) is 5.92 Å². The van der Waals surface area contributed by atoms with Crippen molar-refractivity contribution in [1.29, 1.82) is 0 Å². The molecule has 21 heavy (non-hydrogen) atoms. The molecule has 0 aromatic heterocycles. The largest absolute Gasteiger partial charge is 0.303 e. The highest BCUT2D eigenvalue weighted by molar-refractivity contribution is 5.48. The highest BCUT2D eigenvalue weighted by Gasteiger charge is 2.52. The minimum Gasteiger partial charge on any atom is -0.303 e. The molecule has 2 aliphatic carbocycles. The van der Waals surface area contributed by atoms with Crippen LogP contribution in [0.2, 0.25) is 0 Å². The van der Waals surface area contributed by atoms with Crippen LogP contribution in [0, 0.1) is 16.0 Å². The van der Waals surface area contributed by atoms with Crippen molar-refractivity contribution in [3.05, 3.63) is 51.6 Å². The first-order valence-electron chi connectivity index (χ1n) is 7.75. The van der Waals surface area contributed by atoms with Gasteiger partial charge in [0.15, 0.2) is 0 Å². The molecule has 1 fully saturated rings. The third kappa shape index (κ3) is 1.72. The van der Waals surface area contributed by atoms with Crippen LogP contribution in [0.4, 0.5) is 5.69 Å². The van der Waals surface area contributed by atoms with Crippen molar-refractivity contribution < 1.29 is 4.92 Å². The summed E-state index contributed by atoms with van der Waals surface area (Å²) in [6, 6.07) is 6.11. The molecular formula is C17H20N2O2. The van der Waals surface area contributed by atoms with E-state index in [1.165, 1.54) is 11.1 Å². The van der Waals surface area contributed by atoms with E-state index in [1.54, 1.807) is 6.07 Å². The number of non-ortho nitro benzene ring substituents is 1. The molecule has 110 valence electrons. The number of fused-ring (bicyclic) bond motifs is 1. The van der Waals surface area contributed by atoms with Crippen LogP contribution in [-0.2, 0) is 11.8 Å². The van der Waals surface area contributed by atoms with E-state index in [-0.39, 0.29) is 16.0 Å². The van der Waals surface area contributed by atoms with Crippen molar-refractivity contribution >= 4 is 5.69 Å². The molecule has 1 aromatic rings. The smallest absolute Gasteiger partial charge is 0.269 e. The summed E-state index contributed by atoms with van der Waals surface area (Å²) in [4.78, 5) is 13.4. The van der Waals surface area contributed by atoms with Crippen molar-refractivity contribution in [2.45, 2.75) is 37.1 Å². The average Bonchev–Trinajstić information content (AvgIpc) is 2.50. The number of likely N-dealkylation sites (tertiary alicyclic amines) is 1. The molecule has 0 N–H and O–H groups in total. The number of hydrogen-bond acceptors (Lipinski definition) is 3. The van der Waals surface area contributed by atoms with Gasteiger partial charge < -0.3 is 4.90 Å². The van der Waals surface area contributed by atoms with Crippen molar-refractivity contribution in [3.8, 4) is 0 Å². The standard InChI is InChI=1S/C17H20N2O2/c1-18-9-8-17-7-3-2-4-14(17)16(18)10-12-5-6-13(19(20)21)11-15(12)17/h2-3,5-6,11,14,16H,4,7-10H2,1H3. The molecule has 4 rings (SSSR count). The third-order valence-corrected chi connectivity index (χ3v) is 5.96. The summed E-state index contributed by atoms with van der Waals surface area (Å²) in [5, 5.41) is 11.2. The average molecular weight is 284 g/mol. The van der Waals surface area contributed by atoms with Crippen LogP contribution in [0.5, 0.6) is 0 Å². The lowest BCUT2D eigenvalue weighted by atomic mass is 9.54. The second kappa shape index (κ2) is 4.41. The van der Waals surface area contributed by atoms with Gasteiger partial charge in [-0.15, -0.1) is 0 Å². The number of nitro groups is 1. The Morgan fingerprint density at radius 1 is 1.38 bits per heavy atom. The topological polar surface area (TPSA) is 46.4 Å². The molecule has 1 heterocycles. The van der Waals surface area contributed by atoms with E-state index in [4.69, 9.17) is 0 Å². The van der Waals surface area contributed by atoms with Crippen molar-refractivity contribution in [2.75, 3.05) is 13.6 Å². The first-order valence-corrected chi connectivity index (χ1v) is 7.75. The van der Waals surface area contributed by atoms with Crippen molar-refractivity contribution in [1.82, 2.24) is 4.90 Å². The molecule has 1 saturated heterocycles. The van der Waals surface area contributed by atoms with E-state index in [1.807, 2.05) is 12.1 Å². The van der Waals surface area contributed by atoms with E-state index < -0.39 is 0 Å². The Kier molecular flexibility index (Phi) is 2.73. The molecule has 0 radical (unpaired) electrons. The molecule has 0 saturated carbocycles. The number of hydrogen-bond donors (Lipinski definition) is 0. The molecule has 3 aliphatic rings. The molecule has 0 amide bonds. The summed E-state index contributed by atoms with van der Waals surface area (Å²) in [6.07, 6.45) is 8.88. The maximum atomic E-state index is 11.2. The number of rotatable bonds is 1. The van der Waals surface area contributed by atoms with Crippen LogP contribution in [0.3, 0.4) is 0 Å². The Balaban J connectivity index is 1.91. The van der Waals surface area contributed by atoms with Gasteiger partial charge in [-0.1, -0.05) is 18.2 Å². The molecule has 1 aromatic carbocycles. The quantitative estimate of drug-likeness (QED) is 0.452. The first kappa shape index (κ1) is 13.0. The van der Waals surface area contributed by atoms with Crippen LogP contribution < -0.4 is 0 Å². The van der Waals surface area contributed by atoms with Gasteiger partial charge in [0.1, 0.15) is 0 Å². The Hall–Kier alpha value is -1.68. The zero-order chi connectivity index (χ0) is 14.6. The lowest BCUT2D eigenvalue weighted by Gasteiger charge is -2.57.